The van der Waals surface area contributed by atoms with Gasteiger partial charge < -0.3 is 21.2 Å². The van der Waals surface area contributed by atoms with E-state index in [1.54, 1.807) is 0 Å². The summed E-state index contributed by atoms with van der Waals surface area (Å²) in [5, 5.41) is 15.6. The van der Waals surface area contributed by atoms with Gasteiger partial charge in [0.1, 0.15) is 11.3 Å². The maximum absolute atomic E-state index is 15.6. The Morgan fingerprint density at radius 3 is 2.81 bits per heavy atom. The van der Waals surface area contributed by atoms with Gasteiger partial charge in [-0.2, -0.15) is 9.94 Å². The molecule has 1 aromatic heterocycles. The van der Waals surface area contributed by atoms with Crippen molar-refractivity contribution in [2.75, 3.05) is 32.6 Å². The Bertz CT molecular complexity index is 1170. The molecule has 2 aliphatic rings. The highest BCUT2D eigenvalue weighted by Crippen LogP contribution is 2.46. The van der Waals surface area contributed by atoms with Crippen molar-refractivity contribution in [1.29, 1.82) is 5.26 Å². The minimum absolute atomic E-state index is 0.0116. The Balaban J connectivity index is 2.03. The molecular weight excluding hydrogens is 403 g/mol. The van der Waals surface area contributed by atoms with E-state index in [0.29, 0.717) is 17.8 Å². The third-order valence-corrected chi connectivity index (χ3v) is 6.43. The van der Waals surface area contributed by atoms with Crippen molar-refractivity contribution in [3.63, 3.8) is 0 Å². The number of benzene rings is 1. The van der Waals surface area contributed by atoms with E-state index in [4.69, 9.17) is 15.8 Å². The van der Waals surface area contributed by atoms with Gasteiger partial charge in [0.15, 0.2) is 5.75 Å². The summed E-state index contributed by atoms with van der Waals surface area (Å²) < 4.78 is 23.3. The first kappa shape index (κ1) is 21.3. The normalized spacial score (nSPS) is 21.9. The van der Waals surface area contributed by atoms with E-state index in [0.717, 1.165) is 31.9 Å². The largest absolute Gasteiger partial charge is 0.494 e. The molecule has 2 atom stereocenters. The zero-order valence-electron chi connectivity index (χ0n) is 17.7. The number of aromatic nitrogens is 2. The van der Waals surface area contributed by atoms with E-state index in [-0.39, 0.29) is 40.1 Å². The number of hydrogen-bond acceptors (Lipinski definition) is 7. The molecule has 1 aromatic carbocycles. The molecule has 2 heterocycles. The van der Waals surface area contributed by atoms with E-state index in [1.165, 1.54) is 11.7 Å². The summed E-state index contributed by atoms with van der Waals surface area (Å²) >= 11 is 0. The zero-order chi connectivity index (χ0) is 22.3. The van der Waals surface area contributed by atoms with Crippen LogP contribution in [0.2, 0.25) is 0 Å². The van der Waals surface area contributed by atoms with Gasteiger partial charge in [-0.05, 0) is 31.9 Å². The monoisotopic (exact) mass is 430 g/mol. The van der Waals surface area contributed by atoms with Gasteiger partial charge in [0.2, 0.25) is 0 Å². The van der Waals surface area contributed by atoms with Crippen molar-refractivity contribution in [3.8, 4) is 11.8 Å². The number of halogens is 1. The lowest BCUT2D eigenvalue weighted by Gasteiger charge is -2.36. The van der Waals surface area contributed by atoms with Crippen LogP contribution in [0.4, 0.5) is 4.39 Å². The number of fused-ring (bicyclic) bond motifs is 1. The Morgan fingerprint density at radius 2 is 2.23 bits per heavy atom. The van der Waals surface area contributed by atoms with Crippen LogP contribution < -0.4 is 32.5 Å². The Hall–Kier alpha value is -2.90. The van der Waals surface area contributed by atoms with Gasteiger partial charge in [-0.15, -0.1) is 0 Å². The molecule has 4 rings (SSSR count). The molecular formula is C21H27FN6O3. The van der Waals surface area contributed by atoms with Crippen LogP contribution >= 0.6 is 0 Å². The van der Waals surface area contributed by atoms with E-state index >= 15 is 4.39 Å². The fourth-order valence-electron chi connectivity index (χ4n) is 4.66. The maximum Gasteiger partial charge on any atom is 0.350 e. The van der Waals surface area contributed by atoms with Gasteiger partial charge in [0.05, 0.1) is 18.6 Å². The predicted octanol–water partition coefficient (Wildman–Crippen LogP) is 0.904. The van der Waals surface area contributed by atoms with Crippen LogP contribution in [0.25, 0.3) is 10.9 Å². The molecule has 2 unspecified atom stereocenters. The number of hydrogen-bond donors (Lipinski definition) is 3. The second-order valence-electron chi connectivity index (χ2n) is 8.64. The molecule has 0 bridgehead atoms. The Morgan fingerprint density at radius 1 is 1.48 bits per heavy atom. The topological polar surface area (TPSA) is 127 Å². The lowest BCUT2D eigenvalue weighted by atomic mass is 9.77. The van der Waals surface area contributed by atoms with E-state index < -0.39 is 23.1 Å². The Kier molecular flexibility index (Phi) is 5.49. The minimum Gasteiger partial charge on any atom is -0.494 e. The number of nitriles is 1. The first-order valence-electron chi connectivity index (χ1n) is 10.5. The van der Waals surface area contributed by atoms with Gasteiger partial charge in [0.25, 0.3) is 5.56 Å². The van der Waals surface area contributed by atoms with E-state index in [2.05, 4.69) is 16.7 Å². The van der Waals surface area contributed by atoms with Crippen molar-refractivity contribution >= 4 is 10.9 Å². The standard InChI is InChI=1S/C21H27FN6O3/c1-21(6-9-25-11-21)18(26-8-3-7-23)15-14(22)10-13-16(17(15)31-2)27(12-4-5-12)20(30)28(24)19(13)29/h10,12,18,25-26H,3-6,8-9,11,24H2,1-2H3. The third-order valence-electron chi connectivity index (χ3n) is 6.43. The first-order chi connectivity index (χ1) is 14.8. The average molecular weight is 430 g/mol. The van der Waals surface area contributed by atoms with Crippen LogP contribution in [-0.2, 0) is 0 Å². The van der Waals surface area contributed by atoms with E-state index in [1.807, 2.05) is 6.92 Å². The highest BCUT2D eigenvalue weighted by molar-refractivity contribution is 5.86. The van der Waals surface area contributed by atoms with Crippen LogP contribution in [-0.4, -0.2) is 36.0 Å². The number of ether oxygens (including phenoxy) is 1. The molecule has 2 fully saturated rings. The van der Waals surface area contributed by atoms with Crippen LogP contribution in [0.3, 0.4) is 0 Å². The number of methoxy groups -OCH3 is 1. The molecule has 1 aliphatic carbocycles. The molecule has 10 heteroatoms. The molecule has 166 valence electrons. The van der Waals surface area contributed by atoms with Crippen LogP contribution in [0.1, 0.15) is 50.3 Å². The third kappa shape index (κ3) is 3.47. The number of nitrogen functional groups attached to an aromatic ring is 1. The molecule has 0 amide bonds. The highest BCUT2D eigenvalue weighted by atomic mass is 19.1. The minimum atomic E-state index is -0.761. The molecule has 0 radical (unpaired) electrons. The molecule has 1 saturated heterocycles. The fraction of sp³-hybridized carbons (Fsp3) is 0.571. The first-order valence-corrected chi connectivity index (χ1v) is 10.5. The van der Waals surface area contributed by atoms with E-state index in [9.17, 15) is 9.59 Å². The lowest BCUT2D eigenvalue weighted by molar-refractivity contribution is 0.233. The van der Waals surface area contributed by atoms with Crippen LogP contribution in [0.15, 0.2) is 15.7 Å². The summed E-state index contributed by atoms with van der Waals surface area (Å²) in [6.45, 7) is 3.86. The summed E-state index contributed by atoms with van der Waals surface area (Å²) in [7, 11) is 1.41. The van der Waals surface area contributed by atoms with Crippen molar-refractivity contribution in [1.82, 2.24) is 19.9 Å². The molecule has 1 aliphatic heterocycles. The molecule has 2 aromatic rings. The fourth-order valence-corrected chi connectivity index (χ4v) is 4.66. The summed E-state index contributed by atoms with van der Waals surface area (Å²) in [4.78, 5) is 25.6. The second kappa shape index (κ2) is 7.98. The summed E-state index contributed by atoms with van der Waals surface area (Å²) in [6.07, 6.45) is 2.60. The van der Waals surface area contributed by atoms with Crippen molar-refractivity contribution in [2.45, 2.75) is 44.7 Å². The van der Waals surface area contributed by atoms with Gasteiger partial charge >= 0.3 is 5.69 Å². The SMILES string of the molecule is COc1c(C(NCCC#N)C2(C)CCNC2)c(F)cc2c(=O)n(N)c(=O)n(C3CC3)c12. The quantitative estimate of drug-likeness (QED) is 0.440. The van der Waals surface area contributed by atoms with Crippen LogP contribution in [0, 0.1) is 22.6 Å². The molecule has 0 spiro atoms. The van der Waals surface area contributed by atoms with Gasteiger partial charge in [0, 0.05) is 42.6 Å². The number of nitrogens with two attached hydrogens (primary N) is 1. The smallest absolute Gasteiger partial charge is 0.350 e. The summed E-state index contributed by atoms with van der Waals surface area (Å²) in [6, 6.07) is 2.66. The molecule has 1 saturated carbocycles. The number of nitrogens with one attached hydrogen (secondary N) is 2. The van der Waals surface area contributed by atoms with Gasteiger partial charge in [-0.1, -0.05) is 6.92 Å². The predicted molar refractivity (Wildman–Crippen MR) is 114 cm³/mol. The number of nitrogens with zero attached hydrogens (tertiary/aromatic N) is 3. The average Bonchev–Trinajstić information content (AvgIpc) is 3.49. The summed E-state index contributed by atoms with van der Waals surface area (Å²) in [5.41, 5.74) is -1.21. The molecule has 9 nitrogen and oxygen atoms in total. The molecule has 31 heavy (non-hydrogen) atoms. The highest BCUT2D eigenvalue weighted by Gasteiger charge is 2.42. The summed E-state index contributed by atoms with van der Waals surface area (Å²) in [5.74, 6) is 5.27. The van der Waals surface area contributed by atoms with Crippen molar-refractivity contribution in [2.24, 2.45) is 5.41 Å². The zero-order valence-corrected chi connectivity index (χ0v) is 17.7. The van der Waals surface area contributed by atoms with Gasteiger partial charge in [-0.25, -0.2) is 9.18 Å². The van der Waals surface area contributed by atoms with Crippen molar-refractivity contribution in [3.05, 3.63) is 38.3 Å². The molecule has 4 N–H and O–H groups in total. The second-order valence-corrected chi connectivity index (χ2v) is 8.64. The van der Waals surface area contributed by atoms with Crippen LogP contribution in [0.5, 0.6) is 5.75 Å². The van der Waals surface area contributed by atoms with Gasteiger partial charge in [-0.3, -0.25) is 9.36 Å². The number of rotatable bonds is 7. The Labute approximate surface area is 178 Å². The lowest BCUT2D eigenvalue weighted by Crippen LogP contribution is -2.45. The maximum atomic E-state index is 15.6. The van der Waals surface area contributed by atoms with Crippen molar-refractivity contribution < 1.29 is 9.13 Å².